The van der Waals surface area contributed by atoms with E-state index in [1.807, 2.05) is 30.3 Å². The zero-order valence-corrected chi connectivity index (χ0v) is 12.1. The Labute approximate surface area is 124 Å². The quantitative estimate of drug-likeness (QED) is 0.914. The van der Waals surface area contributed by atoms with Gasteiger partial charge in [0.05, 0.1) is 11.8 Å². The first-order valence-electron chi connectivity index (χ1n) is 7.40. The SMILES string of the molecule is CC(O)C1CCN(C(=O)C2CC(c3ccccc3)=NO2)C1. The van der Waals surface area contributed by atoms with Gasteiger partial charge in [0.15, 0.2) is 0 Å². The second kappa shape index (κ2) is 5.85. The number of carbonyl (C=O) groups excluding carboxylic acids is 1. The van der Waals surface area contributed by atoms with Crippen molar-refractivity contribution in [3.05, 3.63) is 35.9 Å². The van der Waals surface area contributed by atoms with E-state index in [0.717, 1.165) is 17.7 Å². The highest BCUT2D eigenvalue weighted by Gasteiger charge is 2.36. The summed E-state index contributed by atoms with van der Waals surface area (Å²) in [5, 5.41) is 13.7. The van der Waals surface area contributed by atoms with Crippen LogP contribution in [0.1, 0.15) is 25.3 Å². The van der Waals surface area contributed by atoms with Crippen molar-refractivity contribution < 1.29 is 14.7 Å². The van der Waals surface area contributed by atoms with Gasteiger partial charge in [-0.25, -0.2) is 0 Å². The molecule has 0 aromatic heterocycles. The minimum atomic E-state index is -0.520. The maximum Gasteiger partial charge on any atom is 0.266 e. The molecular formula is C16H20N2O3. The van der Waals surface area contributed by atoms with Crippen LogP contribution in [0.4, 0.5) is 0 Å². The van der Waals surface area contributed by atoms with Crippen molar-refractivity contribution in [2.75, 3.05) is 13.1 Å². The Morgan fingerprint density at radius 3 is 2.86 bits per heavy atom. The Morgan fingerprint density at radius 2 is 2.19 bits per heavy atom. The molecule has 0 spiro atoms. The van der Waals surface area contributed by atoms with Crippen LogP contribution in [-0.4, -0.2) is 46.9 Å². The normalized spacial score (nSPS) is 26.4. The maximum absolute atomic E-state index is 12.4. The molecule has 0 radical (unpaired) electrons. The molecule has 21 heavy (non-hydrogen) atoms. The summed E-state index contributed by atoms with van der Waals surface area (Å²) < 4.78 is 0. The van der Waals surface area contributed by atoms with Gasteiger partial charge in [0.1, 0.15) is 0 Å². The summed E-state index contributed by atoms with van der Waals surface area (Å²) in [7, 11) is 0. The van der Waals surface area contributed by atoms with Gasteiger partial charge in [-0.3, -0.25) is 4.79 Å². The summed E-state index contributed by atoms with van der Waals surface area (Å²) in [6, 6.07) is 9.77. The molecule has 2 heterocycles. The van der Waals surface area contributed by atoms with Crippen LogP contribution in [0.5, 0.6) is 0 Å². The molecule has 0 bridgehead atoms. The van der Waals surface area contributed by atoms with Gasteiger partial charge >= 0.3 is 0 Å². The Hall–Kier alpha value is -1.88. The van der Waals surface area contributed by atoms with Crippen LogP contribution < -0.4 is 0 Å². The average Bonchev–Trinajstić information content (AvgIpc) is 3.17. The molecule has 2 aliphatic heterocycles. The van der Waals surface area contributed by atoms with Crippen molar-refractivity contribution in [3.8, 4) is 0 Å². The van der Waals surface area contributed by atoms with E-state index in [-0.39, 0.29) is 17.9 Å². The molecule has 1 aromatic rings. The maximum atomic E-state index is 12.4. The molecule has 1 amide bonds. The lowest BCUT2D eigenvalue weighted by Gasteiger charge is -2.20. The monoisotopic (exact) mass is 288 g/mol. The third-order valence-corrected chi connectivity index (χ3v) is 4.27. The second-order valence-electron chi connectivity index (χ2n) is 5.78. The average molecular weight is 288 g/mol. The van der Waals surface area contributed by atoms with E-state index in [2.05, 4.69) is 5.16 Å². The van der Waals surface area contributed by atoms with Gasteiger partial charge in [0.25, 0.3) is 5.91 Å². The van der Waals surface area contributed by atoms with E-state index < -0.39 is 6.10 Å². The highest BCUT2D eigenvalue weighted by Crippen LogP contribution is 2.24. The van der Waals surface area contributed by atoms with E-state index >= 15 is 0 Å². The molecule has 0 saturated carbocycles. The van der Waals surface area contributed by atoms with Crippen molar-refractivity contribution in [2.24, 2.45) is 11.1 Å². The number of nitrogens with zero attached hydrogens (tertiary/aromatic N) is 2. The number of rotatable bonds is 3. The van der Waals surface area contributed by atoms with Crippen molar-refractivity contribution >= 4 is 11.6 Å². The Morgan fingerprint density at radius 1 is 1.43 bits per heavy atom. The Balaban J connectivity index is 1.59. The fourth-order valence-electron chi connectivity index (χ4n) is 2.90. The Bertz CT molecular complexity index is 542. The highest BCUT2D eigenvalue weighted by atomic mass is 16.6. The van der Waals surface area contributed by atoms with Gasteiger partial charge in [-0.05, 0) is 18.9 Å². The van der Waals surface area contributed by atoms with Crippen LogP contribution in [0.15, 0.2) is 35.5 Å². The molecular weight excluding hydrogens is 268 g/mol. The smallest absolute Gasteiger partial charge is 0.266 e. The van der Waals surface area contributed by atoms with Gasteiger partial charge in [-0.2, -0.15) is 0 Å². The number of amides is 1. The molecule has 112 valence electrons. The van der Waals surface area contributed by atoms with Crippen molar-refractivity contribution in [1.82, 2.24) is 4.90 Å². The van der Waals surface area contributed by atoms with E-state index in [1.54, 1.807) is 11.8 Å². The number of benzene rings is 1. The van der Waals surface area contributed by atoms with Gasteiger partial charge in [0.2, 0.25) is 6.10 Å². The summed E-state index contributed by atoms with van der Waals surface area (Å²) in [6.07, 6.45) is 0.470. The van der Waals surface area contributed by atoms with Gasteiger partial charge < -0.3 is 14.8 Å². The number of hydrogen-bond donors (Lipinski definition) is 1. The topological polar surface area (TPSA) is 62.1 Å². The molecule has 5 nitrogen and oxygen atoms in total. The third-order valence-electron chi connectivity index (χ3n) is 4.27. The molecule has 0 aliphatic carbocycles. The van der Waals surface area contributed by atoms with Crippen molar-refractivity contribution in [3.63, 3.8) is 0 Å². The van der Waals surface area contributed by atoms with E-state index in [4.69, 9.17) is 4.84 Å². The minimum Gasteiger partial charge on any atom is -0.393 e. The second-order valence-corrected chi connectivity index (χ2v) is 5.78. The molecule has 2 aliphatic rings. The molecule has 1 fully saturated rings. The predicted octanol–water partition coefficient (Wildman–Crippen LogP) is 1.41. The summed E-state index contributed by atoms with van der Waals surface area (Å²) in [5.41, 5.74) is 1.82. The third kappa shape index (κ3) is 2.93. The fourth-order valence-corrected chi connectivity index (χ4v) is 2.90. The lowest BCUT2D eigenvalue weighted by atomic mass is 10.0. The highest BCUT2D eigenvalue weighted by molar-refractivity contribution is 6.04. The number of oxime groups is 1. The number of likely N-dealkylation sites (tertiary alicyclic amines) is 1. The summed E-state index contributed by atoms with van der Waals surface area (Å²) in [5.74, 6) is 0.151. The molecule has 3 atom stereocenters. The van der Waals surface area contributed by atoms with Crippen LogP contribution >= 0.6 is 0 Å². The van der Waals surface area contributed by atoms with Crippen LogP contribution in [0.3, 0.4) is 0 Å². The summed E-state index contributed by atoms with van der Waals surface area (Å²) >= 11 is 0. The zero-order valence-electron chi connectivity index (χ0n) is 12.1. The largest absolute Gasteiger partial charge is 0.393 e. The first kappa shape index (κ1) is 14.1. The first-order valence-corrected chi connectivity index (χ1v) is 7.40. The standard InChI is InChI=1S/C16H20N2O3/c1-11(19)13-7-8-18(10-13)16(20)15-9-14(17-21-15)12-5-3-2-4-6-12/h2-6,11,13,15,19H,7-10H2,1H3. The van der Waals surface area contributed by atoms with E-state index in [9.17, 15) is 9.90 Å². The molecule has 3 unspecified atom stereocenters. The molecule has 1 saturated heterocycles. The summed E-state index contributed by atoms with van der Waals surface area (Å²) in [4.78, 5) is 19.5. The number of aliphatic hydroxyl groups excluding tert-OH is 1. The molecule has 1 N–H and O–H groups in total. The van der Waals surface area contributed by atoms with E-state index in [0.29, 0.717) is 19.5 Å². The van der Waals surface area contributed by atoms with Crippen LogP contribution in [0, 0.1) is 5.92 Å². The van der Waals surface area contributed by atoms with Gasteiger partial charge in [-0.15, -0.1) is 0 Å². The first-order chi connectivity index (χ1) is 10.1. The van der Waals surface area contributed by atoms with Crippen LogP contribution in [0.25, 0.3) is 0 Å². The lowest BCUT2D eigenvalue weighted by molar-refractivity contribution is -0.141. The fraction of sp³-hybridized carbons (Fsp3) is 0.500. The van der Waals surface area contributed by atoms with Gasteiger partial charge in [0, 0.05) is 25.4 Å². The molecule has 5 heteroatoms. The predicted molar refractivity (Wildman–Crippen MR) is 78.8 cm³/mol. The molecule has 1 aromatic carbocycles. The van der Waals surface area contributed by atoms with Crippen molar-refractivity contribution in [2.45, 2.75) is 32.0 Å². The minimum absolute atomic E-state index is 0.0205. The Kier molecular flexibility index (Phi) is 3.92. The number of hydrogen-bond acceptors (Lipinski definition) is 4. The zero-order chi connectivity index (χ0) is 14.8. The van der Waals surface area contributed by atoms with Crippen LogP contribution in [-0.2, 0) is 9.63 Å². The number of carbonyl (C=O) groups is 1. The van der Waals surface area contributed by atoms with Crippen LogP contribution in [0.2, 0.25) is 0 Å². The van der Waals surface area contributed by atoms with E-state index in [1.165, 1.54) is 0 Å². The van der Waals surface area contributed by atoms with Crippen molar-refractivity contribution in [1.29, 1.82) is 0 Å². The summed E-state index contributed by atoms with van der Waals surface area (Å²) in [6.45, 7) is 3.08. The van der Waals surface area contributed by atoms with Gasteiger partial charge in [-0.1, -0.05) is 35.5 Å². The lowest BCUT2D eigenvalue weighted by Crippen LogP contribution is -2.38. The molecule has 3 rings (SSSR count). The number of aliphatic hydroxyl groups is 1.